The number of carbonyl (C=O) groups excluding carboxylic acids is 2. The van der Waals surface area contributed by atoms with Crippen LogP contribution in [0.4, 0.5) is 5.69 Å². The van der Waals surface area contributed by atoms with Crippen LogP contribution in [0.5, 0.6) is 5.75 Å². The first kappa shape index (κ1) is 28.0. The van der Waals surface area contributed by atoms with E-state index < -0.39 is 6.10 Å². The van der Waals surface area contributed by atoms with Crippen LogP contribution < -0.4 is 15.4 Å². The number of halogens is 1. The first-order chi connectivity index (χ1) is 17.2. The van der Waals surface area contributed by atoms with Gasteiger partial charge in [-0.1, -0.05) is 30.8 Å². The summed E-state index contributed by atoms with van der Waals surface area (Å²) in [6.45, 7) is 10.6. The van der Waals surface area contributed by atoms with Crippen molar-refractivity contribution in [3.63, 3.8) is 0 Å². The number of carbonyl (C=O) groups is 2. The quantitative estimate of drug-likeness (QED) is 0.234. The molecule has 192 valence electrons. The Bertz CT molecular complexity index is 1190. The van der Waals surface area contributed by atoms with Crippen molar-refractivity contribution in [3.05, 3.63) is 62.5 Å². The Morgan fingerprint density at radius 2 is 1.78 bits per heavy atom. The van der Waals surface area contributed by atoms with Crippen LogP contribution in [-0.2, 0) is 29.1 Å². The molecule has 0 aliphatic carbocycles. The smallest absolute Gasteiger partial charge is 0.261 e. The molecule has 1 heterocycles. The predicted octanol–water partition coefficient (Wildman–Crippen LogP) is 4.90. The van der Waals surface area contributed by atoms with Crippen LogP contribution in [0.25, 0.3) is 0 Å². The van der Waals surface area contributed by atoms with E-state index >= 15 is 0 Å². The van der Waals surface area contributed by atoms with Gasteiger partial charge >= 0.3 is 0 Å². The average Bonchev–Trinajstić information content (AvgIpc) is 3.25. The standard InChI is InChI=1S/C26H32IN5O3S/c1-6-19-8-10-21(11-9-19)35-18(5)25(34)28-14-22-30-31-26(32(22)7-2)36-15-23(33)29-24-16(3)12-20(27)13-17(24)4/h8-13,18H,6-7,14-15H2,1-5H3,(H,28,34)(H,29,33)/t18-/m0/s1. The van der Waals surface area contributed by atoms with Crippen molar-refractivity contribution >= 4 is 51.9 Å². The highest BCUT2D eigenvalue weighted by Crippen LogP contribution is 2.24. The van der Waals surface area contributed by atoms with E-state index in [9.17, 15) is 9.59 Å². The van der Waals surface area contributed by atoms with Crippen molar-refractivity contribution in [2.75, 3.05) is 11.1 Å². The molecular weight excluding hydrogens is 589 g/mol. The zero-order valence-corrected chi connectivity index (χ0v) is 24.2. The molecule has 1 aromatic heterocycles. The largest absolute Gasteiger partial charge is 0.481 e. The highest BCUT2D eigenvalue weighted by atomic mass is 127. The minimum absolute atomic E-state index is 0.106. The van der Waals surface area contributed by atoms with E-state index in [1.165, 1.54) is 17.3 Å². The van der Waals surface area contributed by atoms with Crippen molar-refractivity contribution in [2.24, 2.45) is 0 Å². The highest BCUT2D eigenvalue weighted by molar-refractivity contribution is 14.1. The molecule has 0 saturated heterocycles. The van der Waals surface area contributed by atoms with Crippen molar-refractivity contribution < 1.29 is 14.3 Å². The van der Waals surface area contributed by atoms with Gasteiger partial charge in [0.1, 0.15) is 5.75 Å². The Morgan fingerprint density at radius 3 is 2.39 bits per heavy atom. The maximum Gasteiger partial charge on any atom is 0.261 e. The monoisotopic (exact) mass is 621 g/mol. The van der Waals surface area contributed by atoms with Crippen molar-refractivity contribution in [2.45, 2.75) is 65.4 Å². The fraction of sp³-hybridized carbons (Fsp3) is 0.385. The number of aromatic nitrogens is 3. The number of nitrogens with one attached hydrogen (secondary N) is 2. The zero-order chi connectivity index (χ0) is 26.2. The lowest BCUT2D eigenvalue weighted by atomic mass is 10.1. The lowest BCUT2D eigenvalue weighted by Gasteiger charge is -2.15. The van der Waals surface area contributed by atoms with E-state index in [1.807, 2.05) is 61.7 Å². The SMILES string of the molecule is CCc1ccc(O[C@@H](C)C(=O)NCc2nnc(SCC(=O)Nc3c(C)cc(I)cc3C)n2CC)cc1. The second kappa shape index (κ2) is 13.1. The Balaban J connectivity index is 1.53. The molecule has 0 saturated carbocycles. The number of aryl methyl sites for hydroxylation is 3. The summed E-state index contributed by atoms with van der Waals surface area (Å²) in [6.07, 6.45) is 0.298. The molecule has 10 heteroatoms. The van der Waals surface area contributed by atoms with Crippen molar-refractivity contribution in [3.8, 4) is 5.75 Å². The molecule has 0 aliphatic rings. The van der Waals surface area contributed by atoms with Crippen LogP contribution in [0.1, 0.15) is 43.3 Å². The van der Waals surface area contributed by atoms with Gasteiger partial charge in [0, 0.05) is 15.8 Å². The number of ether oxygens (including phenoxy) is 1. The lowest BCUT2D eigenvalue weighted by molar-refractivity contribution is -0.127. The Labute approximate surface area is 230 Å². The molecule has 0 bridgehead atoms. The average molecular weight is 622 g/mol. The summed E-state index contributed by atoms with van der Waals surface area (Å²) in [7, 11) is 0. The second-order valence-corrected chi connectivity index (χ2v) is 10.6. The summed E-state index contributed by atoms with van der Waals surface area (Å²) < 4.78 is 8.79. The van der Waals surface area contributed by atoms with Gasteiger partial charge in [0.2, 0.25) is 5.91 Å². The molecule has 3 aromatic rings. The van der Waals surface area contributed by atoms with Crippen molar-refractivity contribution in [1.82, 2.24) is 20.1 Å². The van der Waals surface area contributed by atoms with Gasteiger partial charge in [-0.2, -0.15) is 0 Å². The van der Waals surface area contributed by atoms with Crippen LogP contribution in [0, 0.1) is 17.4 Å². The van der Waals surface area contributed by atoms with E-state index in [1.54, 1.807) is 6.92 Å². The lowest BCUT2D eigenvalue weighted by Crippen LogP contribution is -2.36. The molecule has 2 amide bonds. The number of anilines is 1. The normalized spacial score (nSPS) is 11.7. The molecule has 0 aliphatic heterocycles. The minimum Gasteiger partial charge on any atom is -0.481 e. The van der Waals surface area contributed by atoms with Gasteiger partial charge in [0.25, 0.3) is 5.91 Å². The number of thioether (sulfide) groups is 1. The van der Waals surface area contributed by atoms with Crippen molar-refractivity contribution in [1.29, 1.82) is 0 Å². The summed E-state index contributed by atoms with van der Waals surface area (Å²) in [5.74, 6) is 1.14. The summed E-state index contributed by atoms with van der Waals surface area (Å²) in [4.78, 5) is 25.2. The first-order valence-corrected chi connectivity index (χ1v) is 13.9. The molecule has 36 heavy (non-hydrogen) atoms. The molecule has 1 atom stereocenters. The third-order valence-electron chi connectivity index (χ3n) is 5.64. The summed E-state index contributed by atoms with van der Waals surface area (Å²) >= 11 is 3.59. The van der Waals surface area contributed by atoms with E-state index in [0.29, 0.717) is 23.3 Å². The second-order valence-electron chi connectivity index (χ2n) is 8.37. The Hall–Kier alpha value is -2.60. The molecule has 0 radical (unpaired) electrons. The van der Waals surface area contributed by atoms with Gasteiger partial charge in [-0.3, -0.25) is 9.59 Å². The molecular formula is C26H32IN5O3S. The molecule has 0 fully saturated rings. The fourth-order valence-corrected chi connectivity index (χ4v) is 5.41. The molecule has 0 spiro atoms. The Morgan fingerprint density at radius 1 is 1.11 bits per heavy atom. The maximum atomic E-state index is 12.6. The fourth-order valence-electron chi connectivity index (χ4n) is 3.66. The number of nitrogens with zero attached hydrogens (tertiary/aromatic N) is 3. The highest BCUT2D eigenvalue weighted by Gasteiger charge is 2.18. The van der Waals surface area contributed by atoms with Gasteiger partial charge < -0.3 is 19.9 Å². The summed E-state index contributed by atoms with van der Waals surface area (Å²) in [6, 6.07) is 11.8. The molecule has 2 aromatic carbocycles. The van der Waals surface area contributed by atoms with E-state index in [0.717, 1.165) is 26.8 Å². The van der Waals surface area contributed by atoms with Gasteiger partial charge in [0.05, 0.1) is 12.3 Å². The number of hydrogen-bond acceptors (Lipinski definition) is 6. The third-order valence-corrected chi connectivity index (χ3v) is 7.23. The van der Waals surface area contributed by atoms with Crippen LogP contribution in [-0.4, -0.2) is 38.4 Å². The molecule has 2 N–H and O–H groups in total. The third kappa shape index (κ3) is 7.45. The van der Waals surface area contributed by atoms with Crippen LogP contribution in [0.2, 0.25) is 0 Å². The summed E-state index contributed by atoms with van der Waals surface area (Å²) in [5, 5.41) is 15.0. The number of amides is 2. The van der Waals surface area contributed by atoms with Gasteiger partial charge in [-0.15, -0.1) is 10.2 Å². The molecule has 3 rings (SSSR count). The molecule has 8 nitrogen and oxygen atoms in total. The van der Waals surface area contributed by atoms with E-state index in [-0.39, 0.29) is 24.1 Å². The van der Waals surface area contributed by atoms with Crippen LogP contribution in [0.15, 0.2) is 41.6 Å². The number of rotatable bonds is 11. The predicted molar refractivity (Wildman–Crippen MR) is 151 cm³/mol. The Kier molecular flexibility index (Phi) is 10.2. The number of hydrogen-bond donors (Lipinski definition) is 2. The summed E-state index contributed by atoms with van der Waals surface area (Å²) in [5.41, 5.74) is 4.12. The van der Waals surface area contributed by atoms with Gasteiger partial charge in [-0.25, -0.2) is 0 Å². The van der Waals surface area contributed by atoms with Crippen LogP contribution in [0.3, 0.4) is 0 Å². The first-order valence-electron chi connectivity index (χ1n) is 11.9. The van der Waals surface area contributed by atoms with Gasteiger partial charge in [-0.05, 0) is 97.7 Å². The van der Waals surface area contributed by atoms with E-state index in [4.69, 9.17) is 4.74 Å². The van der Waals surface area contributed by atoms with E-state index in [2.05, 4.69) is 50.3 Å². The zero-order valence-electron chi connectivity index (χ0n) is 21.2. The molecule has 0 unspecified atom stereocenters. The minimum atomic E-state index is -0.652. The topological polar surface area (TPSA) is 98.1 Å². The van der Waals surface area contributed by atoms with Gasteiger partial charge in [0.15, 0.2) is 17.1 Å². The number of benzene rings is 2. The maximum absolute atomic E-state index is 12.6. The van der Waals surface area contributed by atoms with Crippen LogP contribution >= 0.6 is 34.4 Å².